The van der Waals surface area contributed by atoms with E-state index in [2.05, 4.69) is 51.2 Å². The summed E-state index contributed by atoms with van der Waals surface area (Å²) in [4.78, 5) is 4.95. The first-order valence-electron chi connectivity index (χ1n) is 16.1. The highest BCUT2D eigenvalue weighted by Crippen LogP contribution is 2.19. The molecule has 0 aliphatic carbocycles. The molecular formula is C33H68N2. The third kappa shape index (κ3) is 23.6. The molecule has 2 nitrogen and oxygen atoms in total. The van der Waals surface area contributed by atoms with E-state index < -0.39 is 0 Å². The molecule has 35 heavy (non-hydrogen) atoms. The zero-order valence-electron chi connectivity index (χ0n) is 25.4. The summed E-state index contributed by atoms with van der Waals surface area (Å²) in [5, 5.41) is 0. The smallest absolute Gasteiger partial charge is 0.0174 e. The van der Waals surface area contributed by atoms with E-state index in [4.69, 9.17) is 0 Å². The molecule has 0 bridgehead atoms. The molecule has 0 aromatic rings. The van der Waals surface area contributed by atoms with Crippen LogP contribution in [0.5, 0.6) is 0 Å². The van der Waals surface area contributed by atoms with Crippen LogP contribution in [0.2, 0.25) is 0 Å². The van der Waals surface area contributed by atoms with Crippen molar-refractivity contribution in [2.24, 2.45) is 5.92 Å². The maximum absolute atomic E-state index is 4.54. The number of rotatable bonds is 28. The summed E-state index contributed by atoms with van der Waals surface area (Å²) in [6, 6.07) is 0. The van der Waals surface area contributed by atoms with Gasteiger partial charge in [-0.1, -0.05) is 156 Å². The first kappa shape index (κ1) is 34.5. The lowest BCUT2D eigenvalue weighted by Crippen LogP contribution is -2.32. The van der Waals surface area contributed by atoms with Crippen molar-refractivity contribution >= 4 is 0 Å². The molecule has 0 aliphatic rings. The highest BCUT2D eigenvalue weighted by molar-refractivity contribution is 4.99. The Kier molecular flexibility index (Phi) is 26.2. The van der Waals surface area contributed by atoms with Gasteiger partial charge in [0, 0.05) is 31.2 Å². The van der Waals surface area contributed by atoms with E-state index >= 15 is 0 Å². The monoisotopic (exact) mass is 493 g/mol. The summed E-state index contributed by atoms with van der Waals surface area (Å²) in [6.07, 6.45) is 31.2. The van der Waals surface area contributed by atoms with Crippen molar-refractivity contribution in [1.82, 2.24) is 9.80 Å². The molecule has 0 amide bonds. The van der Waals surface area contributed by atoms with E-state index in [0.29, 0.717) is 5.92 Å². The molecule has 0 saturated carbocycles. The van der Waals surface area contributed by atoms with Gasteiger partial charge in [-0.2, -0.15) is 0 Å². The molecule has 0 N–H and O–H groups in total. The first-order valence-corrected chi connectivity index (χ1v) is 16.1. The Morgan fingerprint density at radius 3 is 1.09 bits per heavy atom. The van der Waals surface area contributed by atoms with Crippen molar-refractivity contribution in [2.45, 2.75) is 162 Å². The minimum Gasteiger partial charge on any atom is -0.375 e. The van der Waals surface area contributed by atoms with Crippen LogP contribution in [-0.4, -0.2) is 43.5 Å². The second kappa shape index (κ2) is 26.6. The third-order valence-electron chi connectivity index (χ3n) is 7.68. The van der Waals surface area contributed by atoms with Crippen LogP contribution < -0.4 is 0 Å². The molecule has 0 aliphatic heterocycles. The van der Waals surface area contributed by atoms with Crippen LogP contribution in [0.1, 0.15) is 162 Å². The molecule has 0 heterocycles. The van der Waals surface area contributed by atoms with Gasteiger partial charge in [-0.25, -0.2) is 0 Å². The fourth-order valence-electron chi connectivity index (χ4n) is 5.30. The standard InChI is InChI=1S/C33H68N2/c1-7-9-11-13-15-17-18-19-20-21-22-24-26-28-30-35(33(4)32(3)31-34(5)6)29-27-25-23-16-14-12-10-8-2/h32H,4,7-31H2,1-3,5-6H3. The lowest BCUT2D eigenvalue weighted by atomic mass is 10.0. The Morgan fingerprint density at radius 1 is 0.514 bits per heavy atom. The molecule has 1 unspecified atom stereocenters. The van der Waals surface area contributed by atoms with Crippen molar-refractivity contribution in [3.63, 3.8) is 0 Å². The third-order valence-corrected chi connectivity index (χ3v) is 7.68. The molecule has 0 aromatic carbocycles. The van der Waals surface area contributed by atoms with Gasteiger partial charge in [0.2, 0.25) is 0 Å². The van der Waals surface area contributed by atoms with Crippen LogP contribution in [0.25, 0.3) is 0 Å². The van der Waals surface area contributed by atoms with Gasteiger partial charge in [0.1, 0.15) is 0 Å². The van der Waals surface area contributed by atoms with Crippen LogP contribution in [-0.2, 0) is 0 Å². The highest BCUT2D eigenvalue weighted by atomic mass is 15.1. The molecular weight excluding hydrogens is 424 g/mol. The zero-order valence-corrected chi connectivity index (χ0v) is 25.4. The van der Waals surface area contributed by atoms with Gasteiger partial charge < -0.3 is 9.80 Å². The van der Waals surface area contributed by atoms with E-state index in [1.54, 1.807) is 0 Å². The van der Waals surface area contributed by atoms with Crippen molar-refractivity contribution in [2.75, 3.05) is 33.7 Å². The van der Waals surface area contributed by atoms with Crippen LogP contribution >= 0.6 is 0 Å². The van der Waals surface area contributed by atoms with E-state index in [1.807, 2.05) is 0 Å². The van der Waals surface area contributed by atoms with Gasteiger partial charge in [0.15, 0.2) is 0 Å². The van der Waals surface area contributed by atoms with Crippen LogP contribution in [0, 0.1) is 5.92 Å². The summed E-state index contributed by atoms with van der Waals surface area (Å²) in [7, 11) is 4.36. The number of hydrogen-bond donors (Lipinski definition) is 0. The maximum atomic E-state index is 4.54. The van der Waals surface area contributed by atoms with Crippen molar-refractivity contribution in [1.29, 1.82) is 0 Å². The Balaban J connectivity index is 3.95. The summed E-state index contributed by atoms with van der Waals surface area (Å²) in [5.41, 5.74) is 1.37. The van der Waals surface area contributed by atoms with Gasteiger partial charge >= 0.3 is 0 Å². The topological polar surface area (TPSA) is 6.48 Å². The predicted molar refractivity (Wildman–Crippen MR) is 161 cm³/mol. The average Bonchev–Trinajstić information content (AvgIpc) is 2.83. The van der Waals surface area contributed by atoms with Gasteiger partial charge in [-0.3, -0.25) is 0 Å². The Bertz CT molecular complexity index is 431. The highest BCUT2D eigenvalue weighted by Gasteiger charge is 2.15. The average molecular weight is 493 g/mol. The normalized spacial score (nSPS) is 12.4. The number of unbranched alkanes of at least 4 members (excludes halogenated alkanes) is 20. The zero-order chi connectivity index (χ0) is 26.0. The minimum absolute atomic E-state index is 0.547. The van der Waals surface area contributed by atoms with E-state index in [0.717, 1.165) is 6.54 Å². The van der Waals surface area contributed by atoms with Gasteiger partial charge in [0.25, 0.3) is 0 Å². The summed E-state index contributed by atoms with van der Waals surface area (Å²) < 4.78 is 0. The Hall–Kier alpha value is -0.500. The molecule has 0 aromatic heterocycles. The molecule has 210 valence electrons. The minimum atomic E-state index is 0.547. The molecule has 0 rings (SSSR count). The molecule has 0 saturated heterocycles. The maximum Gasteiger partial charge on any atom is 0.0174 e. The van der Waals surface area contributed by atoms with Gasteiger partial charge in [-0.15, -0.1) is 0 Å². The lowest BCUT2D eigenvalue weighted by molar-refractivity contribution is 0.264. The van der Waals surface area contributed by atoms with Crippen LogP contribution in [0.4, 0.5) is 0 Å². The van der Waals surface area contributed by atoms with Crippen molar-refractivity contribution < 1.29 is 0 Å². The molecule has 0 radical (unpaired) electrons. The molecule has 0 spiro atoms. The van der Waals surface area contributed by atoms with Crippen LogP contribution in [0.3, 0.4) is 0 Å². The Morgan fingerprint density at radius 2 is 0.800 bits per heavy atom. The van der Waals surface area contributed by atoms with Crippen LogP contribution in [0.15, 0.2) is 12.3 Å². The second-order valence-corrected chi connectivity index (χ2v) is 11.7. The van der Waals surface area contributed by atoms with E-state index in [9.17, 15) is 0 Å². The quantitative estimate of drug-likeness (QED) is 0.100. The van der Waals surface area contributed by atoms with Gasteiger partial charge in [-0.05, 0) is 26.9 Å². The van der Waals surface area contributed by atoms with E-state index in [-0.39, 0.29) is 0 Å². The summed E-state index contributed by atoms with van der Waals surface area (Å²) in [6.45, 7) is 15.0. The molecule has 2 heteroatoms. The van der Waals surface area contributed by atoms with E-state index in [1.165, 1.54) is 160 Å². The van der Waals surface area contributed by atoms with Crippen molar-refractivity contribution in [3.05, 3.63) is 12.3 Å². The summed E-state index contributed by atoms with van der Waals surface area (Å²) in [5.74, 6) is 0.547. The van der Waals surface area contributed by atoms with Gasteiger partial charge in [0.05, 0.1) is 0 Å². The second-order valence-electron chi connectivity index (χ2n) is 11.7. The lowest BCUT2D eigenvalue weighted by Gasteiger charge is -2.32. The first-order chi connectivity index (χ1) is 17.0. The molecule has 1 atom stereocenters. The SMILES string of the molecule is C=C(C(C)CN(C)C)N(CCCCCCCCCC)CCCCCCCCCCCCCCCC. The molecule has 0 fully saturated rings. The Labute approximate surface area is 223 Å². The fourth-order valence-corrected chi connectivity index (χ4v) is 5.30. The fraction of sp³-hybridized carbons (Fsp3) is 0.939. The summed E-state index contributed by atoms with van der Waals surface area (Å²) >= 11 is 0. The number of nitrogens with zero attached hydrogens (tertiary/aromatic N) is 2. The number of hydrogen-bond acceptors (Lipinski definition) is 2. The predicted octanol–water partition coefficient (Wildman–Crippen LogP) is 10.6. The van der Waals surface area contributed by atoms with Crippen molar-refractivity contribution in [3.8, 4) is 0 Å². The largest absolute Gasteiger partial charge is 0.375 e.